The third-order valence-corrected chi connectivity index (χ3v) is 4.14. The molecule has 0 heterocycles. The molecule has 2 aromatic carbocycles. The molecular formula is C17H19BrFN. The van der Waals surface area contributed by atoms with Crippen LogP contribution in [0.25, 0.3) is 0 Å². The van der Waals surface area contributed by atoms with E-state index in [1.807, 2.05) is 6.92 Å². The second-order valence-corrected chi connectivity index (χ2v) is 6.16. The van der Waals surface area contributed by atoms with Gasteiger partial charge in [0.25, 0.3) is 0 Å². The van der Waals surface area contributed by atoms with Gasteiger partial charge >= 0.3 is 0 Å². The summed E-state index contributed by atoms with van der Waals surface area (Å²) in [5.74, 6) is -0.229. The standard InChI is InChI=1S/C17H19BrFN/c1-10-5-6-14(11(2)7-10)13(4)20-17-9-15(18)16(19)8-12(17)3/h5-9,13,20H,1-4H3. The first-order chi connectivity index (χ1) is 9.38. The van der Waals surface area contributed by atoms with Crippen LogP contribution in [-0.2, 0) is 0 Å². The van der Waals surface area contributed by atoms with Crippen molar-refractivity contribution >= 4 is 21.6 Å². The van der Waals surface area contributed by atoms with Gasteiger partial charge in [0.1, 0.15) is 5.82 Å². The lowest BCUT2D eigenvalue weighted by Crippen LogP contribution is -2.09. The van der Waals surface area contributed by atoms with E-state index in [2.05, 4.69) is 60.2 Å². The number of hydrogen-bond donors (Lipinski definition) is 1. The van der Waals surface area contributed by atoms with E-state index in [0.717, 1.165) is 11.3 Å². The monoisotopic (exact) mass is 335 g/mol. The highest BCUT2D eigenvalue weighted by Gasteiger charge is 2.11. The number of nitrogens with one attached hydrogen (secondary N) is 1. The van der Waals surface area contributed by atoms with E-state index in [1.165, 1.54) is 16.7 Å². The van der Waals surface area contributed by atoms with Gasteiger partial charge in [-0.25, -0.2) is 4.39 Å². The van der Waals surface area contributed by atoms with Gasteiger partial charge in [-0.2, -0.15) is 0 Å². The third kappa shape index (κ3) is 3.21. The SMILES string of the molecule is Cc1ccc(C(C)Nc2cc(Br)c(F)cc2C)c(C)c1. The second-order valence-electron chi connectivity index (χ2n) is 5.31. The maximum atomic E-state index is 13.5. The maximum absolute atomic E-state index is 13.5. The van der Waals surface area contributed by atoms with Crippen LogP contribution in [0.4, 0.5) is 10.1 Å². The van der Waals surface area contributed by atoms with Crippen molar-refractivity contribution in [2.75, 3.05) is 5.32 Å². The molecule has 0 aliphatic carbocycles. The summed E-state index contributed by atoms with van der Waals surface area (Å²) in [6.45, 7) is 8.24. The molecule has 20 heavy (non-hydrogen) atoms. The van der Waals surface area contributed by atoms with Gasteiger partial charge in [-0.1, -0.05) is 23.8 Å². The molecule has 3 heteroatoms. The van der Waals surface area contributed by atoms with E-state index in [-0.39, 0.29) is 11.9 Å². The Morgan fingerprint density at radius 3 is 2.40 bits per heavy atom. The summed E-state index contributed by atoms with van der Waals surface area (Å²) >= 11 is 3.24. The lowest BCUT2D eigenvalue weighted by atomic mass is 10.00. The first-order valence-corrected chi connectivity index (χ1v) is 7.47. The minimum Gasteiger partial charge on any atom is -0.378 e. The van der Waals surface area contributed by atoms with Gasteiger partial charge in [0.05, 0.1) is 4.47 Å². The number of rotatable bonds is 3. The molecule has 0 saturated heterocycles. The summed E-state index contributed by atoms with van der Waals surface area (Å²) in [5, 5.41) is 3.46. The van der Waals surface area contributed by atoms with Crippen molar-refractivity contribution in [1.29, 1.82) is 0 Å². The van der Waals surface area contributed by atoms with Crippen LogP contribution in [-0.4, -0.2) is 0 Å². The van der Waals surface area contributed by atoms with Gasteiger partial charge in [-0.05, 0) is 72.4 Å². The third-order valence-electron chi connectivity index (χ3n) is 3.53. The zero-order valence-electron chi connectivity index (χ0n) is 12.2. The Hall–Kier alpha value is -1.35. The summed E-state index contributed by atoms with van der Waals surface area (Å²) in [6.07, 6.45) is 0. The Kier molecular flexibility index (Phi) is 4.48. The molecule has 0 amide bonds. The smallest absolute Gasteiger partial charge is 0.137 e. The van der Waals surface area contributed by atoms with Gasteiger partial charge in [0, 0.05) is 11.7 Å². The van der Waals surface area contributed by atoms with Crippen molar-refractivity contribution in [3.63, 3.8) is 0 Å². The topological polar surface area (TPSA) is 12.0 Å². The van der Waals surface area contributed by atoms with Crippen LogP contribution in [0.1, 0.15) is 35.2 Å². The van der Waals surface area contributed by atoms with Gasteiger partial charge in [-0.15, -0.1) is 0 Å². The van der Waals surface area contributed by atoms with Crippen LogP contribution in [0.15, 0.2) is 34.8 Å². The largest absolute Gasteiger partial charge is 0.378 e. The second kappa shape index (κ2) is 5.96. The molecule has 0 aliphatic rings. The average Bonchev–Trinajstić information content (AvgIpc) is 2.35. The molecule has 2 aromatic rings. The number of hydrogen-bond acceptors (Lipinski definition) is 1. The predicted molar refractivity (Wildman–Crippen MR) is 86.8 cm³/mol. The van der Waals surface area contributed by atoms with Crippen molar-refractivity contribution in [3.05, 3.63) is 62.9 Å². The fourth-order valence-electron chi connectivity index (χ4n) is 2.42. The zero-order valence-corrected chi connectivity index (χ0v) is 13.8. The van der Waals surface area contributed by atoms with E-state index in [4.69, 9.17) is 0 Å². The van der Waals surface area contributed by atoms with Crippen LogP contribution >= 0.6 is 15.9 Å². The van der Waals surface area contributed by atoms with E-state index in [0.29, 0.717) is 4.47 Å². The van der Waals surface area contributed by atoms with Crippen LogP contribution in [0.2, 0.25) is 0 Å². The summed E-state index contributed by atoms with van der Waals surface area (Å²) in [6, 6.07) is 9.96. The predicted octanol–water partition coefficient (Wildman–Crippen LogP) is 5.69. The fraction of sp³-hybridized carbons (Fsp3) is 0.294. The van der Waals surface area contributed by atoms with Crippen molar-refractivity contribution in [1.82, 2.24) is 0 Å². The number of anilines is 1. The fourth-order valence-corrected chi connectivity index (χ4v) is 2.77. The summed E-state index contributed by atoms with van der Waals surface area (Å²) in [4.78, 5) is 0. The molecule has 0 aromatic heterocycles. The minimum absolute atomic E-state index is 0.173. The first kappa shape index (κ1) is 15.0. The Morgan fingerprint density at radius 2 is 1.75 bits per heavy atom. The quantitative estimate of drug-likeness (QED) is 0.760. The van der Waals surface area contributed by atoms with Crippen molar-refractivity contribution in [3.8, 4) is 0 Å². The molecule has 106 valence electrons. The Morgan fingerprint density at radius 1 is 1.05 bits per heavy atom. The van der Waals surface area contributed by atoms with E-state index in [1.54, 1.807) is 12.1 Å². The van der Waals surface area contributed by atoms with Gasteiger partial charge in [0.2, 0.25) is 0 Å². The zero-order chi connectivity index (χ0) is 14.9. The van der Waals surface area contributed by atoms with Crippen LogP contribution < -0.4 is 5.32 Å². The molecule has 0 aliphatic heterocycles. The molecule has 1 N–H and O–H groups in total. The molecule has 1 unspecified atom stereocenters. The lowest BCUT2D eigenvalue weighted by Gasteiger charge is -2.20. The maximum Gasteiger partial charge on any atom is 0.137 e. The van der Waals surface area contributed by atoms with Crippen molar-refractivity contribution in [2.24, 2.45) is 0 Å². The molecule has 0 fully saturated rings. The molecule has 0 saturated carbocycles. The first-order valence-electron chi connectivity index (χ1n) is 6.68. The Balaban J connectivity index is 2.27. The van der Waals surface area contributed by atoms with Gasteiger partial charge in [0.15, 0.2) is 0 Å². The molecule has 0 bridgehead atoms. The molecule has 0 spiro atoms. The minimum atomic E-state index is -0.229. The summed E-state index contributed by atoms with van der Waals surface area (Å²) in [5.41, 5.74) is 5.64. The van der Waals surface area contributed by atoms with E-state index < -0.39 is 0 Å². The molecule has 1 nitrogen and oxygen atoms in total. The molecular weight excluding hydrogens is 317 g/mol. The summed E-state index contributed by atoms with van der Waals surface area (Å²) < 4.78 is 13.9. The number of benzene rings is 2. The normalized spacial score (nSPS) is 12.3. The lowest BCUT2D eigenvalue weighted by molar-refractivity contribution is 0.620. The summed E-state index contributed by atoms with van der Waals surface area (Å²) in [7, 11) is 0. The van der Waals surface area contributed by atoms with Crippen LogP contribution in [0.3, 0.4) is 0 Å². The highest BCUT2D eigenvalue weighted by Crippen LogP contribution is 2.28. The average molecular weight is 336 g/mol. The molecule has 0 radical (unpaired) electrons. The highest BCUT2D eigenvalue weighted by molar-refractivity contribution is 9.10. The van der Waals surface area contributed by atoms with Gasteiger partial charge in [-0.3, -0.25) is 0 Å². The van der Waals surface area contributed by atoms with E-state index in [9.17, 15) is 4.39 Å². The van der Waals surface area contributed by atoms with E-state index >= 15 is 0 Å². The van der Waals surface area contributed by atoms with Crippen LogP contribution in [0.5, 0.6) is 0 Å². The molecule has 2 rings (SSSR count). The molecule has 1 atom stereocenters. The number of aryl methyl sites for hydroxylation is 3. The van der Waals surface area contributed by atoms with Crippen molar-refractivity contribution in [2.45, 2.75) is 33.7 Å². The number of halogens is 2. The van der Waals surface area contributed by atoms with Gasteiger partial charge < -0.3 is 5.32 Å². The van der Waals surface area contributed by atoms with Crippen molar-refractivity contribution < 1.29 is 4.39 Å². The highest BCUT2D eigenvalue weighted by atomic mass is 79.9. The van der Waals surface area contributed by atoms with Crippen LogP contribution in [0, 0.1) is 26.6 Å². The Bertz CT molecular complexity index is 637. The Labute approximate surface area is 128 Å².